The number of nitrogens with zero attached hydrogens (tertiary/aromatic N) is 2. The third-order valence-corrected chi connectivity index (χ3v) is 5.68. The van der Waals surface area contributed by atoms with Gasteiger partial charge in [-0.2, -0.15) is 4.37 Å². The number of anilines is 2. The number of rotatable bonds is 7. The summed E-state index contributed by atoms with van der Waals surface area (Å²) in [7, 11) is 0. The maximum absolute atomic E-state index is 13.5. The Morgan fingerprint density at radius 3 is 2.35 bits per heavy atom. The lowest BCUT2D eigenvalue weighted by molar-refractivity contribution is -0.122. The van der Waals surface area contributed by atoms with E-state index in [0.29, 0.717) is 12.2 Å². The van der Waals surface area contributed by atoms with E-state index in [2.05, 4.69) is 9.69 Å². The van der Waals surface area contributed by atoms with Gasteiger partial charge >= 0.3 is 0 Å². The molecule has 0 saturated carbocycles. The molecule has 3 rings (SSSR count). The lowest BCUT2D eigenvalue weighted by Crippen LogP contribution is -2.48. The molecule has 0 aliphatic heterocycles. The minimum atomic E-state index is -0.851. The number of primary amides is 1. The SMILES string of the molecule is Cc1ccccc1N(C(=O)c1snc(C(N)=O)c1N)[C@H](C)C(=O)NCc1ccccc1. The van der Waals surface area contributed by atoms with E-state index in [9.17, 15) is 14.4 Å². The number of carbonyl (C=O) groups is 3. The molecule has 5 N–H and O–H groups in total. The van der Waals surface area contributed by atoms with Crippen molar-refractivity contribution in [3.8, 4) is 0 Å². The van der Waals surface area contributed by atoms with Crippen LogP contribution in [0.1, 0.15) is 38.2 Å². The van der Waals surface area contributed by atoms with Gasteiger partial charge in [-0.15, -0.1) is 0 Å². The van der Waals surface area contributed by atoms with E-state index in [1.807, 2.05) is 49.4 Å². The van der Waals surface area contributed by atoms with Crippen molar-refractivity contribution >= 4 is 40.6 Å². The molecule has 1 atom stereocenters. The molecular formula is C22H23N5O3S. The second kappa shape index (κ2) is 9.40. The number of nitrogens with one attached hydrogen (secondary N) is 1. The highest BCUT2D eigenvalue weighted by Gasteiger charge is 2.32. The number of hydrogen-bond donors (Lipinski definition) is 3. The fourth-order valence-electron chi connectivity index (χ4n) is 3.12. The van der Waals surface area contributed by atoms with Gasteiger partial charge in [-0.05, 0) is 42.6 Å². The minimum Gasteiger partial charge on any atom is -0.395 e. The van der Waals surface area contributed by atoms with Crippen molar-refractivity contribution in [3.05, 3.63) is 76.3 Å². The molecule has 0 spiro atoms. The van der Waals surface area contributed by atoms with Crippen molar-refractivity contribution in [1.29, 1.82) is 0 Å². The molecule has 2 aromatic carbocycles. The Hall–Kier alpha value is -3.72. The van der Waals surface area contributed by atoms with Gasteiger partial charge in [-0.1, -0.05) is 48.5 Å². The lowest BCUT2D eigenvalue weighted by Gasteiger charge is -2.29. The van der Waals surface area contributed by atoms with Gasteiger partial charge in [-0.25, -0.2) is 0 Å². The quantitative estimate of drug-likeness (QED) is 0.522. The van der Waals surface area contributed by atoms with Gasteiger partial charge in [0.05, 0.1) is 5.69 Å². The Bertz CT molecular complexity index is 1110. The molecule has 0 bridgehead atoms. The first-order valence-electron chi connectivity index (χ1n) is 9.57. The highest BCUT2D eigenvalue weighted by atomic mass is 32.1. The fraction of sp³-hybridized carbons (Fsp3) is 0.182. The minimum absolute atomic E-state index is 0.0553. The smallest absolute Gasteiger partial charge is 0.272 e. The molecule has 3 aromatic rings. The van der Waals surface area contributed by atoms with E-state index in [4.69, 9.17) is 11.5 Å². The summed E-state index contributed by atoms with van der Waals surface area (Å²) < 4.78 is 3.91. The summed E-state index contributed by atoms with van der Waals surface area (Å²) in [6.45, 7) is 3.81. The molecule has 1 heterocycles. The summed E-state index contributed by atoms with van der Waals surface area (Å²) in [6, 6.07) is 15.8. The van der Waals surface area contributed by atoms with Crippen LogP contribution < -0.4 is 21.7 Å². The van der Waals surface area contributed by atoms with Crippen molar-refractivity contribution in [2.75, 3.05) is 10.6 Å². The standard InChI is InChI=1S/C22H23N5O3S/c1-13-8-6-7-11-16(13)27(22(30)19-17(23)18(20(24)28)26-31-19)14(2)21(29)25-12-15-9-4-3-5-10-15/h3-11,14H,12,23H2,1-2H3,(H2,24,28)(H,25,29)/t14-/m1/s1. The third kappa shape index (κ3) is 4.72. The predicted octanol–water partition coefficient (Wildman–Crippen LogP) is 2.48. The largest absolute Gasteiger partial charge is 0.395 e. The van der Waals surface area contributed by atoms with E-state index >= 15 is 0 Å². The van der Waals surface area contributed by atoms with Gasteiger partial charge in [0, 0.05) is 12.2 Å². The molecule has 1 aromatic heterocycles. The van der Waals surface area contributed by atoms with Crippen LogP contribution in [0.3, 0.4) is 0 Å². The first-order valence-corrected chi connectivity index (χ1v) is 10.3. The number of aryl methyl sites for hydroxylation is 1. The van der Waals surface area contributed by atoms with Crippen LogP contribution in [0.25, 0.3) is 0 Å². The van der Waals surface area contributed by atoms with Crippen LogP contribution >= 0.6 is 11.5 Å². The van der Waals surface area contributed by atoms with Gasteiger partial charge in [0.25, 0.3) is 11.8 Å². The maximum Gasteiger partial charge on any atom is 0.272 e. The Morgan fingerprint density at radius 1 is 1.10 bits per heavy atom. The lowest BCUT2D eigenvalue weighted by atomic mass is 10.1. The third-order valence-electron chi connectivity index (χ3n) is 4.83. The number of carbonyl (C=O) groups excluding carboxylic acids is 3. The Kier molecular flexibility index (Phi) is 6.66. The molecule has 8 nitrogen and oxygen atoms in total. The van der Waals surface area contributed by atoms with Crippen LogP contribution in [0.5, 0.6) is 0 Å². The number of benzene rings is 2. The molecule has 0 unspecified atom stereocenters. The monoisotopic (exact) mass is 437 g/mol. The van der Waals surface area contributed by atoms with Crippen LogP contribution in [0.15, 0.2) is 54.6 Å². The van der Waals surface area contributed by atoms with Gasteiger partial charge in [0.2, 0.25) is 5.91 Å². The van der Waals surface area contributed by atoms with Crippen LogP contribution in [0.2, 0.25) is 0 Å². The number of nitrogen functional groups attached to an aromatic ring is 1. The maximum atomic E-state index is 13.5. The Morgan fingerprint density at radius 2 is 1.74 bits per heavy atom. The van der Waals surface area contributed by atoms with Crippen LogP contribution in [0.4, 0.5) is 11.4 Å². The van der Waals surface area contributed by atoms with Crippen molar-refractivity contribution in [2.24, 2.45) is 5.73 Å². The summed E-state index contributed by atoms with van der Waals surface area (Å²) in [5, 5.41) is 2.86. The number of aromatic nitrogens is 1. The average Bonchev–Trinajstić information content (AvgIpc) is 3.15. The second-order valence-corrected chi connectivity index (χ2v) is 7.75. The number of amides is 3. The van der Waals surface area contributed by atoms with Crippen molar-refractivity contribution in [3.63, 3.8) is 0 Å². The fourth-order valence-corrected chi connectivity index (χ4v) is 3.86. The first kappa shape index (κ1) is 22.0. The zero-order valence-corrected chi connectivity index (χ0v) is 18.0. The number of hydrogen-bond acceptors (Lipinski definition) is 6. The second-order valence-electron chi connectivity index (χ2n) is 6.98. The summed E-state index contributed by atoms with van der Waals surface area (Å²) >= 11 is 0.782. The first-order chi connectivity index (χ1) is 14.8. The van der Waals surface area contributed by atoms with Crippen LogP contribution in [0, 0.1) is 6.92 Å². The molecule has 0 aliphatic carbocycles. The molecular weight excluding hydrogens is 414 g/mol. The number of para-hydroxylation sites is 1. The molecule has 160 valence electrons. The van der Waals surface area contributed by atoms with Gasteiger partial charge in [0.15, 0.2) is 5.69 Å². The van der Waals surface area contributed by atoms with Gasteiger partial charge < -0.3 is 16.8 Å². The zero-order chi connectivity index (χ0) is 22.5. The van der Waals surface area contributed by atoms with E-state index in [-0.39, 0.29) is 22.2 Å². The summed E-state index contributed by atoms with van der Waals surface area (Å²) in [4.78, 5) is 39.3. The average molecular weight is 438 g/mol. The highest BCUT2D eigenvalue weighted by molar-refractivity contribution is 7.09. The van der Waals surface area contributed by atoms with E-state index in [0.717, 1.165) is 22.7 Å². The Balaban J connectivity index is 1.93. The van der Waals surface area contributed by atoms with Gasteiger partial charge in [-0.3, -0.25) is 19.3 Å². The van der Waals surface area contributed by atoms with Crippen LogP contribution in [-0.2, 0) is 11.3 Å². The summed E-state index contributed by atoms with van der Waals surface area (Å²) in [6.07, 6.45) is 0. The van der Waals surface area contributed by atoms with Gasteiger partial charge in [0.1, 0.15) is 10.9 Å². The molecule has 31 heavy (non-hydrogen) atoms. The van der Waals surface area contributed by atoms with Crippen molar-refractivity contribution in [1.82, 2.24) is 9.69 Å². The molecule has 0 saturated heterocycles. The molecule has 0 radical (unpaired) electrons. The highest BCUT2D eigenvalue weighted by Crippen LogP contribution is 2.29. The Labute approximate surface area is 184 Å². The topological polar surface area (TPSA) is 131 Å². The normalized spacial score (nSPS) is 11.5. The molecule has 0 aliphatic rings. The van der Waals surface area contributed by atoms with Crippen molar-refractivity contribution < 1.29 is 14.4 Å². The zero-order valence-electron chi connectivity index (χ0n) is 17.2. The number of nitrogens with two attached hydrogens (primary N) is 2. The molecule has 3 amide bonds. The van der Waals surface area contributed by atoms with E-state index in [1.165, 1.54) is 4.90 Å². The summed E-state index contributed by atoms with van der Waals surface area (Å²) in [5.41, 5.74) is 13.3. The molecule has 9 heteroatoms. The van der Waals surface area contributed by atoms with E-state index in [1.54, 1.807) is 19.1 Å². The molecule has 0 fully saturated rings. The van der Waals surface area contributed by atoms with E-state index < -0.39 is 17.9 Å². The van der Waals surface area contributed by atoms with Crippen molar-refractivity contribution in [2.45, 2.75) is 26.4 Å². The predicted molar refractivity (Wildman–Crippen MR) is 121 cm³/mol. The van der Waals surface area contributed by atoms with Crippen LogP contribution in [-0.4, -0.2) is 28.1 Å². The summed E-state index contributed by atoms with van der Waals surface area (Å²) in [5.74, 6) is -1.68.